The minimum absolute atomic E-state index is 0.140. The van der Waals surface area contributed by atoms with Gasteiger partial charge in [-0.05, 0) is 30.3 Å². The summed E-state index contributed by atoms with van der Waals surface area (Å²) < 4.78 is 0. The number of rotatable bonds is 2. The number of hydrogen-bond acceptors (Lipinski definition) is 4. The Hall–Kier alpha value is -2.89. The Balaban J connectivity index is 2.43. The maximum Gasteiger partial charge on any atom is 0.265 e. The predicted molar refractivity (Wildman–Crippen MR) is 75.4 cm³/mol. The summed E-state index contributed by atoms with van der Waals surface area (Å²) in [6, 6.07) is 8.92. The Morgan fingerprint density at radius 3 is 2.35 bits per heavy atom. The summed E-state index contributed by atoms with van der Waals surface area (Å²) in [7, 11) is 0. The van der Waals surface area contributed by atoms with Gasteiger partial charge >= 0.3 is 0 Å². The fraction of sp³-hybridized carbons (Fsp3) is 0.0714. The summed E-state index contributed by atoms with van der Waals surface area (Å²) >= 11 is 0. The zero-order valence-corrected chi connectivity index (χ0v) is 10.8. The first kappa shape index (κ1) is 13.5. The fourth-order valence-electron chi connectivity index (χ4n) is 1.77. The molecule has 0 aliphatic rings. The highest BCUT2D eigenvalue weighted by Gasteiger charge is 2.21. The molecule has 2 amide bonds. The van der Waals surface area contributed by atoms with Crippen LogP contribution in [0, 0.1) is 0 Å². The van der Waals surface area contributed by atoms with Crippen molar-refractivity contribution in [1.29, 1.82) is 0 Å². The van der Waals surface area contributed by atoms with Crippen LogP contribution in [0.1, 0.15) is 17.3 Å². The van der Waals surface area contributed by atoms with E-state index in [1.807, 2.05) is 0 Å². The lowest BCUT2D eigenvalue weighted by Gasteiger charge is -2.19. The summed E-state index contributed by atoms with van der Waals surface area (Å²) in [6.07, 6.45) is 1.36. The van der Waals surface area contributed by atoms with Crippen molar-refractivity contribution < 1.29 is 9.59 Å². The second kappa shape index (κ2) is 5.40. The minimum atomic E-state index is -0.562. The van der Waals surface area contributed by atoms with Crippen molar-refractivity contribution in [2.45, 2.75) is 6.92 Å². The van der Waals surface area contributed by atoms with Gasteiger partial charge in [0.25, 0.3) is 5.91 Å². The molecule has 102 valence electrons. The van der Waals surface area contributed by atoms with E-state index in [1.54, 1.807) is 24.3 Å². The number of anilines is 2. The molecule has 1 aromatic heterocycles. The highest BCUT2D eigenvalue weighted by Crippen LogP contribution is 2.18. The van der Waals surface area contributed by atoms with Crippen molar-refractivity contribution in [3.8, 4) is 0 Å². The van der Waals surface area contributed by atoms with Gasteiger partial charge in [-0.15, -0.1) is 0 Å². The second-order valence-electron chi connectivity index (χ2n) is 4.19. The average molecular weight is 271 g/mol. The number of benzene rings is 1. The van der Waals surface area contributed by atoms with Gasteiger partial charge in [0.1, 0.15) is 0 Å². The monoisotopic (exact) mass is 271 g/mol. The zero-order valence-electron chi connectivity index (χ0n) is 10.8. The predicted octanol–water partition coefficient (Wildman–Crippen LogP) is 1.15. The number of imide groups is 1. The molecule has 0 saturated heterocycles. The van der Waals surface area contributed by atoms with Crippen molar-refractivity contribution in [2.24, 2.45) is 0 Å². The summed E-state index contributed by atoms with van der Waals surface area (Å²) in [4.78, 5) is 38.7. The Labute approximate surface area is 114 Å². The number of aromatic nitrogens is 1. The standard InChI is InChI=1S/C14H13N3O3/c1-9(18)17(12-4-2-11(15)3-5-12)14(20)10-6-7-16-13(19)8-10/h2-8H,15H2,1H3,(H,16,19). The summed E-state index contributed by atoms with van der Waals surface area (Å²) in [5, 5.41) is 0. The van der Waals surface area contributed by atoms with Crippen LogP contribution in [0.5, 0.6) is 0 Å². The van der Waals surface area contributed by atoms with Crippen LogP contribution in [0.2, 0.25) is 0 Å². The first-order chi connectivity index (χ1) is 9.49. The highest BCUT2D eigenvalue weighted by atomic mass is 16.2. The maximum absolute atomic E-state index is 12.3. The molecule has 2 rings (SSSR count). The molecular formula is C14H13N3O3. The van der Waals surface area contributed by atoms with Crippen LogP contribution < -0.4 is 16.2 Å². The molecule has 1 aromatic carbocycles. The number of hydrogen-bond donors (Lipinski definition) is 2. The van der Waals surface area contributed by atoms with Gasteiger partial charge in [0.2, 0.25) is 11.5 Å². The van der Waals surface area contributed by atoms with Crippen molar-refractivity contribution in [1.82, 2.24) is 4.98 Å². The van der Waals surface area contributed by atoms with Crippen LogP contribution in [0.3, 0.4) is 0 Å². The largest absolute Gasteiger partial charge is 0.399 e. The number of pyridine rings is 1. The molecule has 0 aliphatic carbocycles. The van der Waals surface area contributed by atoms with Crippen molar-refractivity contribution in [3.63, 3.8) is 0 Å². The van der Waals surface area contributed by atoms with E-state index in [2.05, 4.69) is 4.98 Å². The van der Waals surface area contributed by atoms with Crippen LogP contribution >= 0.6 is 0 Å². The van der Waals surface area contributed by atoms with Crippen molar-refractivity contribution in [2.75, 3.05) is 10.6 Å². The molecule has 2 aromatic rings. The summed E-state index contributed by atoms with van der Waals surface area (Å²) in [5.74, 6) is -1.01. The number of amides is 2. The van der Waals surface area contributed by atoms with Crippen LogP contribution in [0.25, 0.3) is 0 Å². The Morgan fingerprint density at radius 1 is 1.15 bits per heavy atom. The summed E-state index contributed by atoms with van der Waals surface area (Å²) in [5.41, 5.74) is 6.24. The lowest BCUT2D eigenvalue weighted by atomic mass is 10.2. The Bertz CT molecular complexity index is 704. The number of nitrogen functional groups attached to an aromatic ring is 1. The number of nitrogens with one attached hydrogen (secondary N) is 1. The van der Waals surface area contributed by atoms with Crippen molar-refractivity contribution >= 4 is 23.2 Å². The molecule has 6 heteroatoms. The molecule has 0 radical (unpaired) electrons. The molecule has 6 nitrogen and oxygen atoms in total. The molecule has 1 heterocycles. The molecule has 0 fully saturated rings. The topological polar surface area (TPSA) is 96.3 Å². The van der Waals surface area contributed by atoms with Crippen LogP contribution in [-0.4, -0.2) is 16.8 Å². The fourth-order valence-corrected chi connectivity index (χ4v) is 1.77. The van der Waals surface area contributed by atoms with Crippen LogP contribution in [-0.2, 0) is 4.79 Å². The Morgan fingerprint density at radius 2 is 1.80 bits per heavy atom. The normalized spacial score (nSPS) is 10.1. The molecule has 0 atom stereocenters. The molecule has 20 heavy (non-hydrogen) atoms. The van der Waals surface area contributed by atoms with Gasteiger partial charge in [-0.25, -0.2) is 4.90 Å². The van der Waals surface area contributed by atoms with E-state index in [0.717, 1.165) is 11.0 Å². The SMILES string of the molecule is CC(=O)N(C(=O)c1cc[nH]c(=O)c1)c1ccc(N)cc1. The quantitative estimate of drug-likeness (QED) is 0.801. The van der Waals surface area contributed by atoms with Crippen LogP contribution in [0.4, 0.5) is 11.4 Å². The molecule has 0 bridgehead atoms. The maximum atomic E-state index is 12.3. The van der Waals surface area contributed by atoms with E-state index in [-0.39, 0.29) is 5.56 Å². The van der Waals surface area contributed by atoms with E-state index < -0.39 is 17.4 Å². The highest BCUT2D eigenvalue weighted by molar-refractivity contribution is 6.20. The van der Waals surface area contributed by atoms with Gasteiger partial charge in [-0.3, -0.25) is 14.4 Å². The van der Waals surface area contributed by atoms with Gasteiger partial charge in [-0.1, -0.05) is 0 Å². The molecular weight excluding hydrogens is 258 g/mol. The number of carbonyl (C=O) groups excluding carboxylic acids is 2. The summed E-state index contributed by atoms with van der Waals surface area (Å²) in [6.45, 7) is 1.28. The van der Waals surface area contributed by atoms with E-state index in [4.69, 9.17) is 5.73 Å². The third kappa shape index (κ3) is 2.74. The minimum Gasteiger partial charge on any atom is -0.399 e. The van der Waals surface area contributed by atoms with E-state index in [1.165, 1.54) is 19.2 Å². The van der Waals surface area contributed by atoms with Crippen LogP contribution in [0.15, 0.2) is 47.4 Å². The van der Waals surface area contributed by atoms with Gasteiger partial charge in [-0.2, -0.15) is 0 Å². The first-order valence-electron chi connectivity index (χ1n) is 5.88. The lowest BCUT2D eigenvalue weighted by Crippen LogP contribution is -2.35. The first-order valence-corrected chi connectivity index (χ1v) is 5.88. The molecule has 0 spiro atoms. The second-order valence-corrected chi connectivity index (χ2v) is 4.19. The zero-order chi connectivity index (χ0) is 14.7. The molecule has 3 N–H and O–H groups in total. The number of nitrogens with zero attached hydrogens (tertiary/aromatic N) is 1. The van der Waals surface area contributed by atoms with Crippen molar-refractivity contribution in [3.05, 3.63) is 58.5 Å². The molecule has 0 saturated carbocycles. The molecule has 0 aliphatic heterocycles. The van der Waals surface area contributed by atoms with E-state index >= 15 is 0 Å². The Kier molecular flexibility index (Phi) is 3.65. The smallest absolute Gasteiger partial charge is 0.265 e. The van der Waals surface area contributed by atoms with Gasteiger partial charge < -0.3 is 10.7 Å². The van der Waals surface area contributed by atoms with Gasteiger partial charge in [0.15, 0.2) is 0 Å². The number of H-pyrrole nitrogens is 1. The number of carbonyl (C=O) groups is 2. The van der Waals surface area contributed by atoms with Gasteiger partial charge in [0, 0.05) is 30.4 Å². The lowest BCUT2D eigenvalue weighted by molar-refractivity contribution is -0.115. The third-order valence-corrected chi connectivity index (χ3v) is 2.69. The average Bonchev–Trinajstić information content (AvgIpc) is 2.41. The third-order valence-electron chi connectivity index (χ3n) is 2.69. The number of aromatic amines is 1. The van der Waals surface area contributed by atoms with E-state index in [0.29, 0.717) is 11.4 Å². The van der Waals surface area contributed by atoms with E-state index in [9.17, 15) is 14.4 Å². The molecule has 0 unspecified atom stereocenters. The number of nitrogens with two attached hydrogens (primary N) is 1. The van der Waals surface area contributed by atoms with Gasteiger partial charge in [0.05, 0.1) is 5.69 Å².